The highest BCUT2D eigenvalue weighted by molar-refractivity contribution is 5.20. The fraction of sp³-hybridized carbons (Fsp3) is 0.562. The van der Waals surface area contributed by atoms with E-state index in [1.807, 2.05) is 0 Å². The van der Waals surface area contributed by atoms with Crippen LogP contribution in [-0.4, -0.2) is 32.8 Å². The normalized spacial score (nSPS) is 18.9. The lowest BCUT2D eigenvalue weighted by Gasteiger charge is -2.38. The number of oxazole rings is 1. The van der Waals surface area contributed by atoms with E-state index in [0.717, 1.165) is 56.0 Å². The number of fused-ring (bicyclic) bond motifs is 1. The van der Waals surface area contributed by atoms with Crippen molar-refractivity contribution in [2.45, 2.75) is 38.8 Å². The zero-order valence-corrected chi connectivity index (χ0v) is 12.6. The molecule has 1 fully saturated rings. The first-order valence-electron chi connectivity index (χ1n) is 7.97. The molecule has 2 aromatic heterocycles. The van der Waals surface area contributed by atoms with Crippen molar-refractivity contribution in [1.82, 2.24) is 19.7 Å². The van der Waals surface area contributed by atoms with Crippen molar-refractivity contribution in [1.29, 1.82) is 0 Å². The van der Waals surface area contributed by atoms with Gasteiger partial charge in [0.2, 0.25) is 0 Å². The quantitative estimate of drug-likeness (QED) is 0.850. The summed E-state index contributed by atoms with van der Waals surface area (Å²) in [4.78, 5) is 18.6. The molecule has 0 aromatic carbocycles. The maximum absolute atomic E-state index is 12.2. The van der Waals surface area contributed by atoms with E-state index < -0.39 is 0 Å². The summed E-state index contributed by atoms with van der Waals surface area (Å²) in [5.74, 6) is 0.499. The molecular formula is C16H20N4O2. The standard InChI is InChI=1S/C16H20N4O2/c21-16-5-13-3-1-2-4-15(13)18-20(16)8-12-6-19(7-12)9-14-10-22-11-17-14/h5,10-12H,1-4,6-9H2. The zero-order chi connectivity index (χ0) is 14.9. The van der Waals surface area contributed by atoms with Gasteiger partial charge in [-0.05, 0) is 31.2 Å². The molecule has 1 aliphatic carbocycles. The molecule has 0 N–H and O–H groups in total. The maximum atomic E-state index is 12.2. The second kappa shape index (κ2) is 5.68. The van der Waals surface area contributed by atoms with Crippen LogP contribution in [0.3, 0.4) is 0 Å². The lowest BCUT2D eigenvalue weighted by molar-refractivity contribution is 0.0751. The van der Waals surface area contributed by atoms with Gasteiger partial charge in [-0.15, -0.1) is 0 Å². The molecule has 6 heteroatoms. The predicted octanol–water partition coefficient (Wildman–Crippen LogP) is 1.24. The minimum Gasteiger partial charge on any atom is -0.451 e. The molecule has 22 heavy (non-hydrogen) atoms. The van der Waals surface area contributed by atoms with Gasteiger partial charge in [-0.3, -0.25) is 9.69 Å². The van der Waals surface area contributed by atoms with Crippen LogP contribution < -0.4 is 5.56 Å². The molecule has 0 radical (unpaired) electrons. The van der Waals surface area contributed by atoms with E-state index in [1.165, 1.54) is 19.2 Å². The molecule has 2 aromatic rings. The minimum absolute atomic E-state index is 0.0515. The minimum atomic E-state index is 0.0515. The van der Waals surface area contributed by atoms with Crippen molar-refractivity contribution in [2.24, 2.45) is 5.92 Å². The Labute approximate surface area is 128 Å². The number of aryl methyl sites for hydroxylation is 2. The Bertz CT molecular complexity index is 701. The number of hydrogen-bond acceptors (Lipinski definition) is 5. The average molecular weight is 300 g/mol. The first-order chi connectivity index (χ1) is 10.8. The van der Waals surface area contributed by atoms with Gasteiger partial charge in [0, 0.05) is 31.6 Å². The molecule has 0 spiro atoms. The topological polar surface area (TPSA) is 64.2 Å². The Morgan fingerprint density at radius 2 is 2.14 bits per heavy atom. The lowest BCUT2D eigenvalue weighted by atomic mass is 9.96. The summed E-state index contributed by atoms with van der Waals surface area (Å²) in [5, 5.41) is 4.59. The molecule has 4 rings (SSSR count). The van der Waals surface area contributed by atoms with E-state index in [4.69, 9.17) is 4.42 Å². The number of rotatable bonds is 4. The third-order valence-corrected chi connectivity index (χ3v) is 4.61. The highest BCUT2D eigenvalue weighted by Gasteiger charge is 2.28. The SMILES string of the molecule is O=c1cc2c(nn1CC1CN(Cc3cocn3)C1)CCCC2. The van der Waals surface area contributed by atoms with E-state index in [-0.39, 0.29) is 5.56 Å². The number of hydrogen-bond donors (Lipinski definition) is 0. The Morgan fingerprint density at radius 3 is 2.95 bits per heavy atom. The van der Waals surface area contributed by atoms with Crippen LogP contribution in [0, 0.1) is 5.92 Å². The van der Waals surface area contributed by atoms with Crippen LogP contribution in [0.25, 0.3) is 0 Å². The molecule has 0 saturated carbocycles. The third kappa shape index (κ3) is 2.70. The highest BCUT2D eigenvalue weighted by Crippen LogP contribution is 2.20. The van der Waals surface area contributed by atoms with Gasteiger partial charge in [0.05, 0.1) is 17.9 Å². The van der Waals surface area contributed by atoms with Crippen LogP contribution in [0.2, 0.25) is 0 Å². The largest absolute Gasteiger partial charge is 0.451 e. The molecule has 0 amide bonds. The Morgan fingerprint density at radius 1 is 1.27 bits per heavy atom. The summed E-state index contributed by atoms with van der Waals surface area (Å²) < 4.78 is 6.65. The van der Waals surface area contributed by atoms with Crippen molar-refractivity contribution in [3.63, 3.8) is 0 Å². The van der Waals surface area contributed by atoms with Gasteiger partial charge in [-0.2, -0.15) is 5.10 Å². The smallest absolute Gasteiger partial charge is 0.267 e. The van der Waals surface area contributed by atoms with Gasteiger partial charge in [-0.25, -0.2) is 9.67 Å². The number of nitrogens with zero attached hydrogens (tertiary/aromatic N) is 4. The molecule has 6 nitrogen and oxygen atoms in total. The van der Waals surface area contributed by atoms with Gasteiger partial charge >= 0.3 is 0 Å². The first-order valence-corrected chi connectivity index (χ1v) is 7.97. The van der Waals surface area contributed by atoms with Gasteiger partial charge in [0.25, 0.3) is 5.56 Å². The summed E-state index contributed by atoms with van der Waals surface area (Å²) >= 11 is 0. The number of likely N-dealkylation sites (tertiary alicyclic amines) is 1. The predicted molar refractivity (Wildman–Crippen MR) is 80.4 cm³/mol. The van der Waals surface area contributed by atoms with Crippen LogP contribution in [0.5, 0.6) is 0 Å². The van der Waals surface area contributed by atoms with Crippen LogP contribution in [0.1, 0.15) is 29.8 Å². The second-order valence-corrected chi connectivity index (χ2v) is 6.38. The Hall–Kier alpha value is -1.95. The molecule has 116 valence electrons. The molecule has 1 saturated heterocycles. The summed E-state index contributed by atoms with van der Waals surface area (Å²) in [6, 6.07) is 1.80. The van der Waals surface area contributed by atoms with Crippen molar-refractivity contribution in [3.8, 4) is 0 Å². The summed E-state index contributed by atoms with van der Waals surface area (Å²) in [6.45, 7) is 3.51. The average Bonchev–Trinajstić information content (AvgIpc) is 2.98. The molecule has 2 aliphatic rings. The Kier molecular flexibility index (Phi) is 3.54. The highest BCUT2D eigenvalue weighted by atomic mass is 16.3. The maximum Gasteiger partial charge on any atom is 0.267 e. The van der Waals surface area contributed by atoms with Crippen molar-refractivity contribution < 1.29 is 4.42 Å². The van der Waals surface area contributed by atoms with E-state index in [2.05, 4.69) is 15.0 Å². The monoisotopic (exact) mass is 300 g/mol. The van der Waals surface area contributed by atoms with Gasteiger partial charge in [-0.1, -0.05) is 0 Å². The third-order valence-electron chi connectivity index (χ3n) is 4.61. The molecule has 1 aliphatic heterocycles. The molecule has 0 unspecified atom stereocenters. The van der Waals surface area contributed by atoms with Crippen LogP contribution >= 0.6 is 0 Å². The first kappa shape index (κ1) is 13.7. The van der Waals surface area contributed by atoms with E-state index in [1.54, 1.807) is 17.0 Å². The van der Waals surface area contributed by atoms with Crippen LogP contribution in [0.4, 0.5) is 0 Å². The number of aromatic nitrogens is 3. The molecule has 0 atom stereocenters. The molecule has 0 bridgehead atoms. The van der Waals surface area contributed by atoms with Crippen molar-refractivity contribution in [2.75, 3.05) is 13.1 Å². The summed E-state index contributed by atoms with van der Waals surface area (Å²) in [5.41, 5.74) is 3.30. The summed E-state index contributed by atoms with van der Waals surface area (Å²) in [6.07, 6.45) is 7.53. The van der Waals surface area contributed by atoms with Gasteiger partial charge in [0.15, 0.2) is 6.39 Å². The summed E-state index contributed by atoms with van der Waals surface area (Å²) in [7, 11) is 0. The van der Waals surface area contributed by atoms with Crippen molar-refractivity contribution >= 4 is 0 Å². The van der Waals surface area contributed by atoms with E-state index >= 15 is 0 Å². The second-order valence-electron chi connectivity index (χ2n) is 6.38. The Balaban J connectivity index is 1.37. The fourth-order valence-electron chi connectivity index (χ4n) is 3.44. The van der Waals surface area contributed by atoms with E-state index in [0.29, 0.717) is 5.92 Å². The van der Waals surface area contributed by atoms with Gasteiger partial charge in [0.1, 0.15) is 6.26 Å². The fourth-order valence-corrected chi connectivity index (χ4v) is 3.44. The van der Waals surface area contributed by atoms with Crippen LogP contribution in [-0.2, 0) is 25.9 Å². The zero-order valence-electron chi connectivity index (χ0n) is 12.6. The van der Waals surface area contributed by atoms with Crippen molar-refractivity contribution in [3.05, 3.63) is 46.0 Å². The lowest BCUT2D eigenvalue weighted by Crippen LogP contribution is -2.49. The van der Waals surface area contributed by atoms with Crippen LogP contribution in [0.15, 0.2) is 27.9 Å². The van der Waals surface area contributed by atoms with Gasteiger partial charge < -0.3 is 4.42 Å². The molecule has 3 heterocycles. The van der Waals surface area contributed by atoms with E-state index in [9.17, 15) is 4.79 Å². The molecular weight excluding hydrogens is 280 g/mol.